The summed E-state index contributed by atoms with van der Waals surface area (Å²) in [6.45, 7) is 0. The molecule has 1 unspecified atom stereocenters. The van der Waals surface area contributed by atoms with Crippen LogP contribution in [0.5, 0.6) is 11.5 Å². The number of ether oxygens (including phenoxy) is 2. The van der Waals surface area contributed by atoms with Gasteiger partial charge in [0.2, 0.25) is 0 Å². The first-order valence-corrected chi connectivity index (χ1v) is 9.16. The predicted octanol–water partition coefficient (Wildman–Crippen LogP) is 4.29. The van der Waals surface area contributed by atoms with Crippen LogP contribution in [0.15, 0.2) is 30.5 Å². The topological polar surface area (TPSA) is 58.0 Å². The fourth-order valence-electron chi connectivity index (χ4n) is 4.24. The fraction of sp³-hybridized carbons (Fsp3) is 0.476. The average molecular weight is 336 g/mol. The van der Waals surface area contributed by atoms with Crippen LogP contribution in [0.3, 0.4) is 0 Å². The lowest BCUT2D eigenvalue weighted by atomic mass is 9.70. The number of nitrogens with one attached hydrogen (secondary N) is 1. The van der Waals surface area contributed by atoms with Crippen molar-refractivity contribution in [2.75, 3.05) is 7.11 Å². The molecule has 4 rings (SSSR count). The Kier molecular flexibility index (Phi) is 4.17. The summed E-state index contributed by atoms with van der Waals surface area (Å²) in [5.41, 5.74) is 3.06. The highest BCUT2D eigenvalue weighted by atomic mass is 16.5. The zero-order valence-electron chi connectivity index (χ0n) is 14.7. The second kappa shape index (κ2) is 6.48. The molecule has 25 heavy (non-hydrogen) atoms. The molecule has 2 aromatic rings. The molecule has 0 radical (unpaired) electrons. The van der Waals surface area contributed by atoms with E-state index >= 15 is 0 Å². The molecule has 0 amide bonds. The Balaban J connectivity index is 1.68. The van der Waals surface area contributed by atoms with Crippen LogP contribution in [0.25, 0.3) is 0 Å². The quantitative estimate of drug-likeness (QED) is 0.906. The van der Waals surface area contributed by atoms with Crippen molar-refractivity contribution in [1.29, 1.82) is 5.26 Å². The largest absolute Gasteiger partial charge is 0.493 e. The number of hydrogen-bond donors (Lipinski definition) is 1. The van der Waals surface area contributed by atoms with Gasteiger partial charge >= 0.3 is 0 Å². The molecule has 1 saturated carbocycles. The van der Waals surface area contributed by atoms with Crippen molar-refractivity contribution in [2.45, 2.75) is 56.5 Å². The van der Waals surface area contributed by atoms with Crippen molar-refractivity contribution >= 4 is 0 Å². The summed E-state index contributed by atoms with van der Waals surface area (Å²) in [6, 6.07) is 10.7. The van der Waals surface area contributed by atoms with E-state index in [1.807, 2.05) is 24.4 Å². The summed E-state index contributed by atoms with van der Waals surface area (Å²) >= 11 is 0. The first-order chi connectivity index (χ1) is 12.2. The predicted molar refractivity (Wildman–Crippen MR) is 96.0 cm³/mol. The van der Waals surface area contributed by atoms with E-state index in [0.717, 1.165) is 49.2 Å². The first kappa shape index (κ1) is 16.1. The molecule has 2 aliphatic carbocycles. The minimum atomic E-state index is -0.491. The van der Waals surface area contributed by atoms with Gasteiger partial charge in [0.15, 0.2) is 11.5 Å². The van der Waals surface area contributed by atoms with E-state index < -0.39 is 5.41 Å². The van der Waals surface area contributed by atoms with Gasteiger partial charge < -0.3 is 14.5 Å². The van der Waals surface area contributed by atoms with Gasteiger partial charge in [-0.15, -0.1) is 0 Å². The van der Waals surface area contributed by atoms with Gasteiger partial charge in [-0.25, -0.2) is 0 Å². The number of nitriles is 1. The maximum absolute atomic E-state index is 10.0. The Labute approximate surface area is 148 Å². The SMILES string of the molecule is COc1ccc(C2(C#N)CCc3[nH]ccc3C2)cc1OC1CCCC1. The van der Waals surface area contributed by atoms with E-state index in [2.05, 4.69) is 17.1 Å². The lowest BCUT2D eigenvalue weighted by Gasteiger charge is -2.32. The fourth-order valence-corrected chi connectivity index (χ4v) is 4.24. The lowest BCUT2D eigenvalue weighted by molar-refractivity contribution is 0.200. The average Bonchev–Trinajstić information content (AvgIpc) is 3.32. The number of hydrogen-bond acceptors (Lipinski definition) is 3. The van der Waals surface area contributed by atoms with E-state index in [1.165, 1.54) is 24.1 Å². The van der Waals surface area contributed by atoms with Gasteiger partial charge in [0, 0.05) is 11.9 Å². The minimum Gasteiger partial charge on any atom is -0.493 e. The molecule has 1 aromatic heterocycles. The van der Waals surface area contributed by atoms with Crippen LogP contribution in [-0.4, -0.2) is 18.2 Å². The number of aromatic amines is 1. The van der Waals surface area contributed by atoms with Gasteiger partial charge in [0.25, 0.3) is 0 Å². The van der Waals surface area contributed by atoms with Crippen molar-refractivity contribution in [3.8, 4) is 17.6 Å². The summed E-state index contributed by atoms with van der Waals surface area (Å²) in [4.78, 5) is 3.29. The van der Waals surface area contributed by atoms with Crippen molar-refractivity contribution in [1.82, 2.24) is 4.98 Å². The zero-order chi connectivity index (χ0) is 17.3. The third-order valence-corrected chi connectivity index (χ3v) is 5.75. The third-order valence-electron chi connectivity index (χ3n) is 5.75. The molecular weight excluding hydrogens is 312 g/mol. The van der Waals surface area contributed by atoms with Gasteiger partial charge in [-0.3, -0.25) is 0 Å². The van der Waals surface area contributed by atoms with Crippen LogP contribution < -0.4 is 9.47 Å². The van der Waals surface area contributed by atoms with Gasteiger partial charge in [0.1, 0.15) is 0 Å². The number of rotatable bonds is 4. The van der Waals surface area contributed by atoms with Gasteiger partial charge in [0.05, 0.1) is 24.7 Å². The van der Waals surface area contributed by atoms with Gasteiger partial charge in [-0.2, -0.15) is 5.26 Å². The summed E-state index contributed by atoms with van der Waals surface area (Å²) in [5.74, 6) is 1.53. The van der Waals surface area contributed by atoms with Crippen LogP contribution in [0, 0.1) is 11.3 Å². The molecule has 1 atom stereocenters. The van der Waals surface area contributed by atoms with Crippen LogP contribution >= 0.6 is 0 Å². The lowest BCUT2D eigenvalue weighted by Crippen LogP contribution is -2.31. The van der Waals surface area contributed by atoms with E-state index in [1.54, 1.807) is 7.11 Å². The maximum Gasteiger partial charge on any atom is 0.161 e. The molecule has 1 N–H and O–H groups in total. The van der Waals surface area contributed by atoms with E-state index in [-0.39, 0.29) is 6.10 Å². The number of nitrogens with zero attached hydrogens (tertiary/aromatic N) is 1. The number of methoxy groups -OCH3 is 1. The van der Waals surface area contributed by atoms with Crippen molar-refractivity contribution in [3.05, 3.63) is 47.3 Å². The summed E-state index contributed by atoms with van der Waals surface area (Å²) in [6.07, 6.45) is 9.37. The van der Waals surface area contributed by atoms with E-state index in [9.17, 15) is 5.26 Å². The van der Waals surface area contributed by atoms with Crippen molar-refractivity contribution < 1.29 is 9.47 Å². The molecule has 0 bridgehead atoms. The number of aryl methyl sites for hydroxylation is 1. The highest BCUT2D eigenvalue weighted by molar-refractivity contribution is 5.49. The summed E-state index contributed by atoms with van der Waals surface area (Å²) in [5, 5.41) is 10.0. The number of benzene rings is 1. The highest BCUT2D eigenvalue weighted by Gasteiger charge is 2.37. The molecule has 4 nitrogen and oxygen atoms in total. The Morgan fingerprint density at radius 2 is 2.04 bits per heavy atom. The Morgan fingerprint density at radius 3 is 2.80 bits per heavy atom. The smallest absolute Gasteiger partial charge is 0.161 e. The first-order valence-electron chi connectivity index (χ1n) is 9.16. The molecule has 1 fully saturated rings. The second-order valence-electron chi connectivity index (χ2n) is 7.24. The van der Waals surface area contributed by atoms with Crippen molar-refractivity contribution in [3.63, 3.8) is 0 Å². The third kappa shape index (κ3) is 2.89. The number of aromatic nitrogens is 1. The normalized spacial score (nSPS) is 23.0. The molecule has 0 saturated heterocycles. The number of H-pyrrole nitrogens is 1. The zero-order valence-corrected chi connectivity index (χ0v) is 14.7. The Morgan fingerprint density at radius 1 is 1.20 bits per heavy atom. The molecule has 0 aliphatic heterocycles. The van der Waals surface area contributed by atoms with Crippen LogP contribution in [0.2, 0.25) is 0 Å². The molecule has 4 heteroatoms. The van der Waals surface area contributed by atoms with Gasteiger partial charge in [-0.1, -0.05) is 6.07 Å². The van der Waals surface area contributed by atoms with Crippen molar-refractivity contribution in [2.24, 2.45) is 0 Å². The summed E-state index contributed by atoms with van der Waals surface area (Å²) < 4.78 is 11.7. The molecule has 0 spiro atoms. The highest BCUT2D eigenvalue weighted by Crippen LogP contribution is 2.41. The second-order valence-corrected chi connectivity index (χ2v) is 7.24. The minimum absolute atomic E-state index is 0.268. The van der Waals surface area contributed by atoms with Crippen LogP contribution in [-0.2, 0) is 18.3 Å². The van der Waals surface area contributed by atoms with Crippen LogP contribution in [0.4, 0.5) is 0 Å². The maximum atomic E-state index is 10.0. The number of fused-ring (bicyclic) bond motifs is 1. The Bertz CT molecular complexity index is 798. The van der Waals surface area contributed by atoms with E-state index in [0.29, 0.717) is 0 Å². The van der Waals surface area contributed by atoms with Gasteiger partial charge in [-0.05, 0) is 74.3 Å². The Hall–Kier alpha value is -2.41. The molecule has 1 heterocycles. The molecule has 130 valence electrons. The molecule has 1 aromatic carbocycles. The standard InChI is InChI=1S/C21H24N2O2/c1-24-19-7-6-16(12-20(19)25-17-4-2-3-5-17)21(14-22)10-8-18-15(13-21)9-11-23-18/h6-7,9,11-12,17,23H,2-5,8,10,13H2,1H3. The summed E-state index contributed by atoms with van der Waals surface area (Å²) in [7, 11) is 1.67. The van der Waals surface area contributed by atoms with Crippen LogP contribution in [0.1, 0.15) is 48.9 Å². The molecule has 2 aliphatic rings. The van der Waals surface area contributed by atoms with E-state index in [4.69, 9.17) is 9.47 Å². The monoisotopic (exact) mass is 336 g/mol. The molecular formula is C21H24N2O2.